The van der Waals surface area contributed by atoms with Crippen LogP contribution in [0.1, 0.15) is 11.7 Å². The van der Waals surface area contributed by atoms with Gasteiger partial charge in [-0.15, -0.1) is 0 Å². The van der Waals surface area contributed by atoms with Crippen LogP contribution in [0.15, 0.2) is 30.3 Å². The highest BCUT2D eigenvalue weighted by Gasteiger charge is 2.24. The van der Waals surface area contributed by atoms with Gasteiger partial charge < -0.3 is 10.8 Å². The summed E-state index contributed by atoms with van der Waals surface area (Å²) in [5, 5.41) is 8.45. The third-order valence-electron chi connectivity index (χ3n) is 1.72. The van der Waals surface area contributed by atoms with Crippen LogP contribution in [-0.4, -0.2) is 17.1 Å². The minimum atomic E-state index is -1.65. The predicted octanol–water partition coefficient (Wildman–Crippen LogP) is 1.11. The Bertz CT molecular complexity index is 289. The number of halogens is 1. The van der Waals surface area contributed by atoms with Crippen LogP contribution in [0, 0.1) is 0 Å². The van der Waals surface area contributed by atoms with Crippen molar-refractivity contribution in [1.82, 2.24) is 0 Å². The van der Waals surface area contributed by atoms with E-state index in [1.54, 1.807) is 18.2 Å². The Morgan fingerprint density at radius 2 is 1.92 bits per heavy atom. The fourth-order valence-electron chi connectivity index (χ4n) is 0.969. The SMILES string of the molecule is N[C@H](C(=O)O)[C@@H](F)c1ccccc1. The molecule has 1 rings (SSSR count). The van der Waals surface area contributed by atoms with Gasteiger partial charge in [0.1, 0.15) is 6.04 Å². The summed E-state index contributed by atoms with van der Waals surface area (Å²) in [7, 11) is 0. The van der Waals surface area contributed by atoms with Crippen LogP contribution >= 0.6 is 0 Å². The lowest BCUT2D eigenvalue weighted by atomic mass is 10.0. The van der Waals surface area contributed by atoms with Crippen molar-refractivity contribution in [3.8, 4) is 0 Å². The molecule has 0 aliphatic carbocycles. The summed E-state index contributed by atoms with van der Waals surface area (Å²) in [5.41, 5.74) is 5.41. The molecule has 0 heterocycles. The second-order valence-electron chi connectivity index (χ2n) is 2.68. The van der Waals surface area contributed by atoms with Crippen molar-refractivity contribution < 1.29 is 14.3 Å². The van der Waals surface area contributed by atoms with Gasteiger partial charge in [-0.2, -0.15) is 0 Å². The van der Waals surface area contributed by atoms with Gasteiger partial charge in [-0.05, 0) is 5.56 Å². The molecule has 70 valence electrons. The van der Waals surface area contributed by atoms with Crippen LogP contribution in [0.4, 0.5) is 4.39 Å². The Kier molecular flexibility index (Phi) is 2.97. The quantitative estimate of drug-likeness (QED) is 0.737. The van der Waals surface area contributed by atoms with Gasteiger partial charge in [0, 0.05) is 0 Å². The number of hydrogen-bond acceptors (Lipinski definition) is 2. The number of nitrogens with two attached hydrogens (primary N) is 1. The van der Waals surface area contributed by atoms with Crippen molar-refractivity contribution >= 4 is 5.97 Å². The molecule has 0 spiro atoms. The molecule has 0 aliphatic rings. The number of hydrogen-bond donors (Lipinski definition) is 2. The van der Waals surface area contributed by atoms with Gasteiger partial charge in [0.15, 0.2) is 6.17 Å². The molecule has 2 atom stereocenters. The van der Waals surface area contributed by atoms with E-state index in [9.17, 15) is 9.18 Å². The first-order valence-corrected chi connectivity index (χ1v) is 3.80. The number of carboxylic acid groups (broad SMARTS) is 1. The van der Waals surface area contributed by atoms with Gasteiger partial charge in [-0.3, -0.25) is 4.79 Å². The zero-order valence-electron chi connectivity index (χ0n) is 6.85. The summed E-state index contributed by atoms with van der Waals surface area (Å²) >= 11 is 0. The molecule has 0 bridgehead atoms. The van der Waals surface area contributed by atoms with E-state index in [0.29, 0.717) is 0 Å². The molecule has 1 aromatic carbocycles. The zero-order chi connectivity index (χ0) is 9.84. The fourth-order valence-corrected chi connectivity index (χ4v) is 0.969. The van der Waals surface area contributed by atoms with E-state index in [1.165, 1.54) is 12.1 Å². The van der Waals surface area contributed by atoms with Gasteiger partial charge in [-0.1, -0.05) is 30.3 Å². The lowest BCUT2D eigenvalue weighted by molar-refractivity contribution is -0.140. The maximum absolute atomic E-state index is 13.3. The van der Waals surface area contributed by atoms with Gasteiger partial charge in [-0.25, -0.2) is 4.39 Å². The first-order valence-electron chi connectivity index (χ1n) is 3.80. The number of alkyl halides is 1. The minimum absolute atomic E-state index is 0.289. The van der Waals surface area contributed by atoms with E-state index < -0.39 is 18.2 Å². The predicted molar refractivity (Wildman–Crippen MR) is 45.9 cm³/mol. The largest absolute Gasteiger partial charge is 0.480 e. The summed E-state index contributed by atoms with van der Waals surface area (Å²) in [5.74, 6) is -1.34. The highest BCUT2D eigenvalue weighted by Crippen LogP contribution is 2.19. The first-order chi connectivity index (χ1) is 6.13. The lowest BCUT2D eigenvalue weighted by Gasteiger charge is -2.12. The number of aliphatic carboxylic acids is 1. The van der Waals surface area contributed by atoms with E-state index in [1.807, 2.05) is 0 Å². The van der Waals surface area contributed by atoms with E-state index >= 15 is 0 Å². The molecule has 0 radical (unpaired) electrons. The lowest BCUT2D eigenvalue weighted by Crippen LogP contribution is -2.34. The van der Waals surface area contributed by atoms with Crippen molar-refractivity contribution in [1.29, 1.82) is 0 Å². The van der Waals surface area contributed by atoms with Crippen LogP contribution in [0.5, 0.6) is 0 Å². The summed E-state index contributed by atoms with van der Waals surface area (Å²) in [6.07, 6.45) is -1.65. The second kappa shape index (κ2) is 4.00. The molecular formula is C9H10FNO2. The van der Waals surface area contributed by atoms with Crippen molar-refractivity contribution in [2.24, 2.45) is 5.73 Å². The summed E-state index contributed by atoms with van der Waals surface area (Å²) < 4.78 is 13.3. The Balaban J connectivity index is 2.79. The van der Waals surface area contributed by atoms with Crippen LogP contribution in [0.25, 0.3) is 0 Å². The van der Waals surface area contributed by atoms with Crippen molar-refractivity contribution in [3.63, 3.8) is 0 Å². The van der Waals surface area contributed by atoms with E-state index in [0.717, 1.165) is 0 Å². The average Bonchev–Trinajstić information content (AvgIpc) is 2.17. The smallest absolute Gasteiger partial charge is 0.323 e. The molecule has 0 aliphatic heterocycles. The minimum Gasteiger partial charge on any atom is -0.480 e. The molecule has 13 heavy (non-hydrogen) atoms. The molecule has 0 amide bonds. The summed E-state index contributed by atoms with van der Waals surface area (Å²) in [6, 6.07) is 6.51. The van der Waals surface area contributed by atoms with Crippen molar-refractivity contribution in [2.45, 2.75) is 12.2 Å². The van der Waals surface area contributed by atoms with Crippen LogP contribution in [0.2, 0.25) is 0 Å². The van der Waals surface area contributed by atoms with E-state index in [-0.39, 0.29) is 5.56 Å². The van der Waals surface area contributed by atoms with Crippen LogP contribution in [-0.2, 0) is 4.79 Å². The Morgan fingerprint density at radius 1 is 1.38 bits per heavy atom. The molecule has 1 aromatic rings. The van der Waals surface area contributed by atoms with Crippen molar-refractivity contribution in [2.75, 3.05) is 0 Å². The zero-order valence-corrected chi connectivity index (χ0v) is 6.85. The first kappa shape index (κ1) is 9.67. The molecule has 0 saturated carbocycles. The molecule has 4 heteroatoms. The van der Waals surface area contributed by atoms with Gasteiger partial charge in [0.2, 0.25) is 0 Å². The average molecular weight is 183 g/mol. The van der Waals surface area contributed by atoms with Gasteiger partial charge >= 0.3 is 5.97 Å². The Hall–Kier alpha value is -1.42. The number of carboxylic acids is 1. The molecular weight excluding hydrogens is 173 g/mol. The number of carbonyl (C=O) groups is 1. The summed E-state index contributed by atoms with van der Waals surface area (Å²) in [6.45, 7) is 0. The van der Waals surface area contributed by atoms with Crippen LogP contribution in [0.3, 0.4) is 0 Å². The Labute approximate surface area is 75.0 Å². The topological polar surface area (TPSA) is 63.3 Å². The maximum atomic E-state index is 13.3. The third-order valence-corrected chi connectivity index (χ3v) is 1.72. The fraction of sp³-hybridized carbons (Fsp3) is 0.222. The third kappa shape index (κ3) is 2.26. The van der Waals surface area contributed by atoms with E-state index in [4.69, 9.17) is 10.8 Å². The standard InChI is InChI=1S/C9H10FNO2/c10-7(8(11)9(12)13)6-4-2-1-3-5-6/h1-5,7-8H,11H2,(H,12,13)/t7-,8-/m0/s1. The molecule has 0 saturated heterocycles. The van der Waals surface area contributed by atoms with E-state index in [2.05, 4.69) is 0 Å². The highest BCUT2D eigenvalue weighted by atomic mass is 19.1. The number of benzene rings is 1. The molecule has 0 unspecified atom stereocenters. The van der Waals surface area contributed by atoms with Crippen LogP contribution < -0.4 is 5.73 Å². The number of rotatable bonds is 3. The summed E-state index contributed by atoms with van der Waals surface area (Å²) in [4.78, 5) is 10.3. The normalized spacial score (nSPS) is 14.9. The second-order valence-corrected chi connectivity index (χ2v) is 2.68. The molecule has 0 aromatic heterocycles. The monoisotopic (exact) mass is 183 g/mol. The maximum Gasteiger partial charge on any atom is 0.323 e. The molecule has 0 fully saturated rings. The van der Waals surface area contributed by atoms with Gasteiger partial charge in [0.25, 0.3) is 0 Å². The van der Waals surface area contributed by atoms with Gasteiger partial charge in [0.05, 0.1) is 0 Å². The highest BCUT2D eigenvalue weighted by molar-refractivity contribution is 5.74. The van der Waals surface area contributed by atoms with Crippen molar-refractivity contribution in [3.05, 3.63) is 35.9 Å². The Morgan fingerprint density at radius 3 is 2.38 bits per heavy atom. The molecule has 3 nitrogen and oxygen atoms in total. The molecule has 3 N–H and O–H groups in total.